The quantitative estimate of drug-likeness (QED) is 0.820. The summed E-state index contributed by atoms with van der Waals surface area (Å²) in [7, 11) is 0. The molecule has 17 heavy (non-hydrogen) atoms. The third kappa shape index (κ3) is 3.78. The molecule has 0 radical (unpaired) electrons. The average molecular weight is 269 g/mol. The van der Waals surface area contributed by atoms with Gasteiger partial charge in [-0.25, -0.2) is 4.98 Å². The molecule has 3 nitrogen and oxygen atoms in total. The van der Waals surface area contributed by atoms with E-state index in [-0.39, 0.29) is 0 Å². The van der Waals surface area contributed by atoms with Crippen molar-refractivity contribution in [3.05, 3.63) is 51.4 Å². The predicted molar refractivity (Wildman–Crippen MR) is 70.2 cm³/mol. The van der Waals surface area contributed by atoms with Gasteiger partial charge in [-0.3, -0.25) is 0 Å². The Balaban J connectivity index is 1.78. The van der Waals surface area contributed by atoms with Crippen molar-refractivity contribution in [1.29, 1.82) is 0 Å². The summed E-state index contributed by atoms with van der Waals surface area (Å²) in [6, 6.07) is 5.61. The van der Waals surface area contributed by atoms with Crippen molar-refractivity contribution < 1.29 is 5.11 Å². The third-order valence-electron chi connectivity index (χ3n) is 2.38. The molecule has 0 aliphatic rings. The second-order valence-electron chi connectivity index (χ2n) is 3.69. The first kappa shape index (κ1) is 12.5. The minimum atomic E-state index is -0.457. The van der Waals surface area contributed by atoms with Crippen molar-refractivity contribution in [2.24, 2.45) is 0 Å². The van der Waals surface area contributed by atoms with Gasteiger partial charge in [0.1, 0.15) is 5.15 Å². The molecule has 0 fully saturated rings. The Hall–Kier alpha value is -0.940. The topological polar surface area (TPSA) is 45.1 Å². The molecule has 0 spiro atoms. The fourth-order valence-electron chi connectivity index (χ4n) is 1.45. The van der Waals surface area contributed by atoms with Gasteiger partial charge in [-0.15, -0.1) is 0 Å². The van der Waals surface area contributed by atoms with Crippen LogP contribution in [0.25, 0.3) is 0 Å². The number of hydrogen-bond acceptors (Lipinski definition) is 4. The van der Waals surface area contributed by atoms with Crippen LogP contribution in [0.2, 0.25) is 5.15 Å². The third-order valence-corrected chi connectivity index (χ3v) is 3.31. The van der Waals surface area contributed by atoms with Crippen molar-refractivity contribution in [3.63, 3.8) is 0 Å². The molecule has 1 atom stereocenters. The van der Waals surface area contributed by atoms with Gasteiger partial charge in [-0.1, -0.05) is 17.7 Å². The van der Waals surface area contributed by atoms with Gasteiger partial charge in [0, 0.05) is 19.3 Å². The van der Waals surface area contributed by atoms with Crippen LogP contribution in [-0.2, 0) is 6.54 Å². The van der Waals surface area contributed by atoms with E-state index in [0.717, 1.165) is 11.1 Å². The Bertz CT molecular complexity index is 444. The molecule has 2 rings (SSSR count). The highest BCUT2D eigenvalue weighted by Gasteiger charge is 2.06. The van der Waals surface area contributed by atoms with E-state index in [1.54, 1.807) is 23.6 Å². The molecule has 2 N–H and O–H groups in total. The highest BCUT2D eigenvalue weighted by molar-refractivity contribution is 7.07. The SMILES string of the molecule is OC(CNCc1ccc(Cl)nc1)c1ccsc1. The van der Waals surface area contributed by atoms with Crippen LogP contribution < -0.4 is 5.32 Å². The van der Waals surface area contributed by atoms with Crippen LogP contribution >= 0.6 is 22.9 Å². The van der Waals surface area contributed by atoms with Gasteiger partial charge >= 0.3 is 0 Å². The van der Waals surface area contributed by atoms with Crippen molar-refractivity contribution in [1.82, 2.24) is 10.3 Å². The van der Waals surface area contributed by atoms with Crippen LogP contribution in [0.3, 0.4) is 0 Å². The fourth-order valence-corrected chi connectivity index (χ4v) is 2.27. The molecule has 5 heteroatoms. The number of hydrogen-bond donors (Lipinski definition) is 2. The van der Waals surface area contributed by atoms with Crippen LogP contribution in [0.4, 0.5) is 0 Å². The second-order valence-corrected chi connectivity index (χ2v) is 4.86. The zero-order valence-electron chi connectivity index (χ0n) is 9.14. The highest BCUT2D eigenvalue weighted by Crippen LogP contribution is 2.15. The monoisotopic (exact) mass is 268 g/mol. The Kier molecular flexibility index (Phi) is 4.50. The van der Waals surface area contributed by atoms with Gasteiger partial charge in [-0.2, -0.15) is 11.3 Å². The molecular weight excluding hydrogens is 256 g/mol. The minimum Gasteiger partial charge on any atom is -0.387 e. The molecule has 0 saturated carbocycles. The van der Waals surface area contributed by atoms with Crippen molar-refractivity contribution in [2.45, 2.75) is 12.6 Å². The Morgan fingerprint density at radius 2 is 2.29 bits per heavy atom. The summed E-state index contributed by atoms with van der Waals surface area (Å²) in [6.07, 6.45) is 1.27. The summed E-state index contributed by atoms with van der Waals surface area (Å²) in [5, 5.41) is 17.4. The average Bonchev–Trinajstić information content (AvgIpc) is 2.85. The van der Waals surface area contributed by atoms with Gasteiger partial charge in [0.25, 0.3) is 0 Å². The number of pyridine rings is 1. The van der Waals surface area contributed by atoms with Gasteiger partial charge in [0.05, 0.1) is 6.10 Å². The molecule has 90 valence electrons. The molecular formula is C12H13ClN2OS. The summed E-state index contributed by atoms with van der Waals surface area (Å²) in [5.74, 6) is 0. The highest BCUT2D eigenvalue weighted by atomic mass is 35.5. The molecule has 2 heterocycles. The molecule has 2 aromatic heterocycles. The molecule has 0 aliphatic carbocycles. The van der Waals surface area contributed by atoms with Crippen LogP contribution in [0.5, 0.6) is 0 Å². The fraction of sp³-hybridized carbons (Fsp3) is 0.250. The van der Waals surface area contributed by atoms with E-state index in [9.17, 15) is 5.11 Å². The van der Waals surface area contributed by atoms with Crippen LogP contribution in [0.1, 0.15) is 17.2 Å². The van der Waals surface area contributed by atoms with Crippen molar-refractivity contribution in [3.8, 4) is 0 Å². The largest absolute Gasteiger partial charge is 0.387 e. The molecule has 0 amide bonds. The number of nitrogens with zero attached hydrogens (tertiary/aromatic N) is 1. The van der Waals surface area contributed by atoms with Crippen LogP contribution in [0.15, 0.2) is 35.2 Å². The summed E-state index contributed by atoms with van der Waals surface area (Å²) in [6.45, 7) is 1.20. The second kappa shape index (κ2) is 6.12. The van der Waals surface area contributed by atoms with Gasteiger partial charge in [-0.05, 0) is 34.0 Å². The van der Waals surface area contributed by atoms with Gasteiger partial charge in [0.15, 0.2) is 0 Å². The number of halogens is 1. The van der Waals surface area contributed by atoms with E-state index >= 15 is 0 Å². The summed E-state index contributed by atoms with van der Waals surface area (Å²) in [4.78, 5) is 3.99. The Morgan fingerprint density at radius 1 is 1.41 bits per heavy atom. The molecule has 0 aliphatic heterocycles. The smallest absolute Gasteiger partial charge is 0.129 e. The predicted octanol–water partition coefficient (Wildman–Crippen LogP) is 2.62. The number of aliphatic hydroxyl groups excluding tert-OH is 1. The summed E-state index contributed by atoms with van der Waals surface area (Å²) >= 11 is 7.28. The Morgan fingerprint density at radius 3 is 2.94 bits per heavy atom. The molecule has 0 bridgehead atoms. The van der Waals surface area contributed by atoms with E-state index in [1.165, 1.54) is 0 Å². The first-order chi connectivity index (χ1) is 8.25. The number of aliphatic hydroxyl groups is 1. The number of rotatable bonds is 5. The normalized spacial score (nSPS) is 12.6. The van der Waals surface area contributed by atoms with E-state index in [2.05, 4.69) is 10.3 Å². The van der Waals surface area contributed by atoms with Gasteiger partial charge in [0.2, 0.25) is 0 Å². The standard InChI is InChI=1S/C12H13ClN2OS/c13-12-2-1-9(6-15-12)5-14-7-11(16)10-3-4-17-8-10/h1-4,6,8,11,14,16H,5,7H2. The zero-order valence-corrected chi connectivity index (χ0v) is 10.7. The lowest BCUT2D eigenvalue weighted by Crippen LogP contribution is -2.20. The van der Waals surface area contributed by atoms with E-state index in [1.807, 2.05) is 22.9 Å². The number of thiophene rings is 1. The van der Waals surface area contributed by atoms with Crippen LogP contribution in [-0.4, -0.2) is 16.6 Å². The molecule has 2 aromatic rings. The molecule has 0 saturated heterocycles. The van der Waals surface area contributed by atoms with E-state index in [4.69, 9.17) is 11.6 Å². The maximum absolute atomic E-state index is 9.84. The lowest BCUT2D eigenvalue weighted by Gasteiger charge is -2.10. The van der Waals surface area contributed by atoms with Crippen molar-refractivity contribution >= 4 is 22.9 Å². The maximum atomic E-state index is 9.84. The Labute approximate surface area is 109 Å². The summed E-state index contributed by atoms with van der Waals surface area (Å²) in [5.41, 5.74) is 2.00. The lowest BCUT2D eigenvalue weighted by molar-refractivity contribution is 0.175. The van der Waals surface area contributed by atoms with Crippen molar-refractivity contribution in [2.75, 3.05) is 6.54 Å². The minimum absolute atomic E-state index is 0.457. The van der Waals surface area contributed by atoms with Crippen LogP contribution in [0, 0.1) is 0 Å². The van der Waals surface area contributed by atoms with E-state index in [0.29, 0.717) is 18.2 Å². The van der Waals surface area contributed by atoms with E-state index < -0.39 is 6.10 Å². The summed E-state index contributed by atoms with van der Waals surface area (Å²) < 4.78 is 0. The first-order valence-corrected chi connectivity index (χ1v) is 6.59. The molecule has 0 aromatic carbocycles. The molecule has 1 unspecified atom stereocenters. The zero-order chi connectivity index (χ0) is 12.1. The number of nitrogens with one attached hydrogen (secondary N) is 1. The first-order valence-electron chi connectivity index (χ1n) is 5.27. The lowest BCUT2D eigenvalue weighted by atomic mass is 10.2. The van der Waals surface area contributed by atoms with Gasteiger partial charge < -0.3 is 10.4 Å². The maximum Gasteiger partial charge on any atom is 0.129 e. The number of aromatic nitrogens is 1.